The molecule has 0 atom stereocenters. The van der Waals surface area contributed by atoms with Gasteiger partial charge in [-0.05, 0) is 42.1 Å². The van der Waals surface area contributed by atoms with Gasteiger partial charge in [-0.15, -0.1) is 5.10 Å². The summed E-state index contributed by atoms with van der Waals surface area (Å²) in [6, 6.07) is 13.6. The molecule has 2 heterocycles. The minimum atomic E-state index is -0.705. The Bertz CT molecular complexity index is 1380. The fraction of sp³-hybridized carbons (Fsp3) is 0.0455. The van der Waals surface area contributed by atoms with Crippen molar-refractivity contribution in [3.63, 3.8) is 0 Å². The second-order valence-electron chi connectivity index (χ2n) is 6.71. The average Bonchev–Trinajstić information content (AvgIpc) is 2.79. The lowest BCUT2D eigenvalue weighted by atomic mass is 10.1. The molecule has 4 rings (SSSR count). The number of carbonyl (C=O) groups excluding carboxylic acids is 1. The standard InChI is InChI=1S/C22H16F2N6OS/c1-27-21(31)14-5-4-13(9-15(14)23)17-6-7-20(25)30(29-17)22(26)32-19-10-12-3-2-8-28-18(12)11-16(19)24/h2-11,25-26H,1H3,(H,27,31)/p+1. The number of rotatable bonds is 3. The van der Waals surface area contributed by atoms with Crippen LogP contribution in [0.1, 0.15) is 10.4 Å². The van der Waals surface area contributed by atoms with Crippen LogP contribution in [0.15, 0.2) is 65.7 Å². The van der Waals surface area contributed by atoms with E-state index in [1.807, 2.05) is 0 Å². The second-order valence-corrected chi connectivity index (χ2v) is 7.75. The number of carbonyl (C=O) groups is 1. The van der Waals surface area contributed by atoms with Crippen molar-refractivity contribution in [2.75, 3.05) is 12.8 Å². The number of nitrogens with two attached hydrogens (primary N) is 1. The minimum absolute atomic E-state index is 0.0934. The number of hydrogen-bond acceptors (Lipinski definition) is 6. The highest BCUT2D eigenvalue weighted by molar-refractivity contribution is 8.13. The van der Waals surface area contributed by atoms with Crippen LogP contribution in [-0.2, 0) is 0 Å². The maximum atomic E-state index is 14.5. The highest BCUT2D eigenvalue weighted by atomic mass is 32.2. The van der Waals surface area contributed by atoms with E-state index in [0.29, 0.717) is 16.8 Å². The molecule has 0 saturated carbocycles. The van der Waals surface area contributed by atoms with Gasteiger partial charge in [0.25, 0.3) is 5.91 Å². The molecule has 2 aromatic heterocycles. The molecular weight excluding hydrogens is 434 g/mol. The maximum Gasteiger partial charge on any atom is 0.320 e. The molecule has 0 aliphatic rings. The summed E-state index contributed by atoms with van der Waals surface area (Å²) in [6.45, 7) is 0. The normalized spacial score (nSPS) is 10.8. The van der Waals surface area contributed by atoms with E-state index in [1.165, 1.54) is 31.3 Å². The van der Waals surface area contributed by atoms with Crippen molar-refractivity contribution in [2.24, 2.45) is 0 Å². The molecule has 0 fully saturated rings. The summed E-state index contributed by atoms with van der Waals surface area (Å²) in [5.41, 5.74) is 7.12. The van der Waals surface area contributed by atoms with Crippen LogP contribution in [0.3, 0.4) is 0 Å². The van der Waals surface area contributed by atoms with Gasteiger partial charge in [-0.3, -0.25) is 9.78 Å². The summed E-state index contributed by atoms with van der Waals surface area (Å²) < 4.78 is 30.0. The number of pyridine rings is 1. The van der Waals surface area contributed by atoms with E-state index in [1.54, 1.807) is 36.5 Å². The first-order valence-electron chi connectivity index (χ1n) is 9.39. The molecule has 32 heavy (non-hydrogen) atoms. The number of thioether (sulfide) groups is 1. The van der Waals surface area contributed by atoms with E-state index in [4.69, 9.17) is 11.1 Å². The highest BCUT2D eigenvalue weighted by Gasteiger charge is 2.19. The van der Waals surface area contributed by atoms with Gasteiger partial charge in [-0.2, -0.15) is 5.41 Å². The lowest BCUT2D eigenvalue weighted by Gasteiger charge is -2.08. The highest BCUT2D eigenvalue weighted by Crippen LogP contribution is 2.27. The first-order chi connectivity index (χ1) is 15.4. The first-order valence-corrected chi connectivity index (χ1v) is 10.2. The van der Waals surface area contributed by atoms with E-state index >= 15 is 0 Å². The Morgan fingerprint density at radius 2 is 1.94 bits per heavy atom. The Labute approximate surface area is 185 Å². The van der Waals surface area contributed by atoms with Gasteiger partial charge in [0.05, 0.1) is 16.0 Å². The monoisotopic (exact) mass is 451 g/mol. The number of anilines is 1. The lowest BCUT2D eigenvalue weighted by molar-refractivity contribution is -0.601. The van der Waals surface area contributed by atoms with Crippen LogP contribution in [0.4, 0.5) is 14.6 Å². The molecule has 0 aliphatic heterocycles. The smallest absolute Gasteiger partial charge is 0.320 e. The van der Waals surface area contributed by atoms with Gasteiger partial charge in [0.1, 0.15) is 17.3 Å². The number of halogens is 2. The zero-order valence-corrected chi connectivity index (χ0v) is 17.6. The van der Waals surface area contributed by atoms with Crippen LogP contribution in [0.25, 0.3) is 22.2 Å². The molecule has 0 spiro atoms. The van der Waals surface area contributed by atoms with Gasteiger partial charge >= 0.3 is 5.17 Å². The molecule has 4 N–H and O–H groups in total. The quantitative estimate of drug-likeness (QED) is 0.192. The number of amides is 1. The average molecular weight is 451 g/mol. The molecule has 160 valence electrons. The lowest BCUT2D eigenvalue weighted by Crippen LogP contribution is -2.46. The number of nitrogens with one attached hydrogen (secondary N) is 2. The zero-order valence-electron chi connectivity index (χ0n) is 16.8. The summed E-state index contributed by atoms with van der Waals surface area (Å²) in [7, 11) is 1.41. The van der Waals surface area contributed by atoms with Crippen molar-refractivity contribution in [1.82, 2.24) is 15.4 Å². The molecule has 10 heteroatoms. The van der Waals surface area contributed by atoms with Crippen LogP contribution >= 0.6 is 11.8 Å². The third kappa shape index (κ3) is 4.12. The molecule has 4 aromatic rings. The number of aromatic nitrogens is 3. The third-order valence-electron chi connectivity index (χ3n) is 4.66. The van der Waals surface area contributed by atoms with Crippen LogP contribution in [0.5, 0.6) is 0 Å². The van der Waals surface area contributed by atoms with Gasteiger partial charge in [-0.1, -0.05) is 16.8 Å². The predicted molar refractivity (Wildman–Crippen MR) is 118 cm³/mol. The summed E-state index contributed by atoms with van der Waals surface area (Å²) in [4.78, 5) is 16.0. The van der Waals surface area contributed by atoms with Crippen LogP contribution in [-0.4, -0.2) is 28.2 Å². The van der Waals surface area contributed by atoms with Crippen LogP contribution in [0, 0.1) is 17.0 Å². The number of hydrogen-bond donors (Lipinski definition) is 3. The summed E-state index contributed by atoms with van der Waals surface area (Å²) >= 11 is 0.843. The van der Waals surface area contributed by atoms with E-state index in [0.717, 1.165) is 21.8 Å². The molecular formula is C22H17F2N6OS+. The van der Waals surface area contributed by atoms with Gasteiger partial charge in [0.2, 0.25) is 5.82 Å². The zero-order chi connectivity index (χ0) is 22.8. The topological polar surface area (TPSA) is 109 Å². The van der Waals surface area contributed by atoms with Gasteiger partial charge in [0.15, 0.2) is 0 Å². The number of nitrogen functional groups attached to an aromatic ring is 1. The van der Waals surface area contributed by atoms with Gasteiger partial charge < -0.3 is 11.1 Å². The van der Waals surface area contributed by atoms with Crippen LogP contribution < -0.4 is 15.7 Å². The largest absolute Gasteiger partial charge is 0.355 e. The van der Waals surface area contributed by atoms with Crippen molar-refractivity contribution in [1.29, 1.82) is 5.41 Å². The summed E-state index contributed by atoms with van der Waals surface area (Å²) in [6.07, 6.45) is 1.58. The van der Waals surface area contributed by atoms with Crippen molar-refractivity contribution >= 4 is 39.6 Å². The van der Waals surface area contributed by atoms with Crippen molar-refractivity contribution < 1.29 is 18.3 Å². The van der Waals surface area contributed by atoms with Crippen molar-refractivity contribution in [2.45, 2.75) is 4.90 Å². The van der Waals surface area contributed by atoms with E-state index in [2.05, 4.69) is 15.4 Å². The SMILES string of the molecule is CNC(=O)c1ccc(-c2ccc(N)[n+](C(=N)Sc3cc4cccnc4cc3F)n2)cc1F. The summed E-state index contributed by atoms with van der Waals surface area (Å²) in [5, 5.41) is 15.7. The Morgan fingerprint density at radius 1 is 1.12 bits per heavy atom. The Kier molecular flexibility index (Phi) is 5.78. The number of nitrogens with zero attached hydrogens (tertiary/aromatic N) is 3. The van der Waals surface area contributed by atoms with Crippen molar-refractivity contribution in [3.8, 4) is 11.3 Å². The minimum Gasteiger partial charge on any atom is -0.355 e. The van der Waals surface area contributed by atoms with Gasteiger partial charge in [-0.25, -0.2) is 8.78 Å². The Balaban J connectivity index is 1.66. The third-order valence-corrected chi connectivity index (χ3v) is 5.56. The predicted octanol–water partition coefficient (Wildman–Crippen LogP) is 3.38. The molecule has 0 saturated heterocycles. The van der Waals surface area contributed by atoms with E-state index in [-0.39, 0.29) is 21.4 Å². The molecule has 0 radical (unpaired) electrons. The summed E-state index contributed by atoms with van der Waals surface area (Å²) in [5.74, 6) is -1.62. The van der Waals surface area contributed by atoms with E-state index < -0.39 is 17.5 Å². The maximum absolute atomic E-state index is 14.5. The van der Waals surface area contributed by atoms with Crippen molar-refractivity contribution in [3.05, 3.63) is 78.0 Å². The molecule has 7 nitrogen and oxygen atoms in total. The Hall–Kier alpha value is -3.92. The van der Waals surface area contributed by atoms with Gasteiger partial charge in [0, 0.05) is 36.3 Å². The second kappa shape index (κ2) is 8.67. The number of benzene rings is 2. The van der Waals surface area contributed by atoms with E-state index in [9.17, 15) is 13.6 Å². The fourth-order valence-corrected chi connectivity index (χ4v) is 3.83. The first kappa shape index (κ1) is 21.3. The fourth-order valence-electron chi connectivity index (χ4n) is 3.04. The molecule has 1 amide bonds. The molecule has 0 unspecified atom stereocenters. The molecule has 0 bridgehead atoms. The molecule has 2 aromatic carbocycles. The molecule has 0 aliphatic carbocycles. The number of fused-ring (bicyclic) bond motifs is 1. The Morgan fingerprint density at radius 3 is 2.69 bits per heavy atom. The van der Waals surface area contributed by atoms with Crippen LogP contribution in [0.2, 0.25) is 0 Å².